The number of nitrogens with one attached hydrogen (secondary N) is 1. The summed E-state index contributed by atoms with van der Waals surface area (Å²) in [5.41, 5.74) is 1.59. The van der Waals surface area contributed by atoms with Crippen LogP contribution in [0.4, 0.5) is 0 Å². The van der Waals surface area contributed by atoms with Crippen LogP contribution in [0, 0.1) is 11.3 Å². The average Bonchev–Trinajstić information content (AvgIpc) is 3.00. The van der Waals surface area contributed by atoms with Crippen LogP contribution in [0.25, 0.3) is 17.0 Å². The predicted octanol–water partition coefficient (Wildman–Crippen LogP) is 4.16. The van der Waals surface area contributed by atoms with E-state index in [1.54, 1.807) is 18.3 Å². The van der Waals surface area contributed by atoms with Crippen molar-refractivity contribution in [1.29, 1.82) is 5.26 Å². The average molecular weight is 343 g/mol. The fourth-order valence-electron chi connectivity index (χ4n) is 2.22. The van der Waals surface area contributed by atoms with Crippen molar-refractivity contribution in [3.63, 3.8) is 0 Å². The molecule has 3 aromatic rings. The molecule has 0 saturated heterocycles. The largest absolute Gasteiger partial charge is 0.361 e. The monoisotopic (exact) mass is 342 g/mol. The van der Waals surface area contributed by atoms with Crippen LogP contribution in [0.1, 0.15) is 5.56 Å². The molecule has 0 aliphatic heterocycles. The molecule has 3 rings (SSSR count). The van der Waals surface area contributed by atoms with E-state index in [1.807, 2.05) is 18.2 Å². The van der Waals surface area contributed by atoms with Gasteiger partial charge in [-0.15, -0.1) is 0 Å². The predicted molar refractivity (Wildman–Crippen MR) is 90.5 cm³/mol. The third kappa shape index (κ3) is 3.00. The zero-order valence-electron chi connectivity index (χ0n) is 11.8. The summed E-state index contributed by atoms with van der Waals surface area (Å²) in [6.45, 7) is 0. The number of benzene rings is 2. The Kier molecular flexibility index (Phi) is 3.95. The van der Waals surface area contributed by atoms with E-state index in [9.17, 15) is 13.7 Å². The number of aromatic nitrogens is 1. The Balaban J connectivity index is 2.07. The summed E-state index contributed by atoms with van der Waals surface area (Å²) in [6, 6.07) is 14.8. The SMILES string of the molecule is N#C/C(=C/c1ccc2[nH]ccc2c1)S(=O)(=O)c1ccc(Cl)cc1. The number of sulfone groups is 1. The Morgan fingerprint density at radius 3 is 2.57 bits per heavy atom. The molecule has 0 bridgehead atoms. The molecule has 23 heavy (non-hydrogen) atoms. The van der Waals surface area contributed by atoms with Crippen LogP contribution in [0.5, 0.6) is 0 Å². The van der Waals surface area contributed by atoms with E-state index in [1.165, 1.54) is 30.3 Å². The van der Waals surface area contributed by atoms with E-state index in [0.29, 0.717) is 10.6 Å². The van der Waals surface area contributed by atoms with Crippen LogP contribution < -0.4 is 0 Å². The van der Waals surface area contributed by atoms with Crippen molar-refractivity contribution < 1.29 is 8.42 Å². The molecule has 0 aliphatic rings. The first-order valence-electron chi connectivity index (χ1n) is 6.70. The summed E-state index contributed by atoms with van der Waals surface area (Å²) >= 11 is 5.77. The van der Waals surface area contributed by atoms with Crippen molar-refractivity contribution in [2.45, 2.75) is 4.90 Å². The fourth-order valence-corrected chi connectivity index (χ4v) is 3.51. The smallest absolute Gasteiger partial charge is 0.216 e. The second-order valence-electron chi connectivity index (χ2n) is 4.90. The van der Waals surface area contributed by atoms with E-state index >= 15 is 0 Å². The van der Waals surface area contributed by atoms with Crippen LogP contribution >= 0.6 is 11.6 Å². The Morgan fingerprint density at radius 2 is 1.87 bits per heavy atom. The molecule has 1 N–H and O–H groups in total. The molecule has 0 spiro atoms. The van der Waals surface area contributed by atoms with Gasteiger partial charge >= 0.3 is 0 Å². The summed E-state index contributed by atoms with van der Waals surface area (Å²) in [6.07, 6.45) is 3.17. The lowest BCUT2D eigenvalue weighted by atomic mass is 10.1. The number of allylic oxidation sites excluding steroid dienone is 1. The van der Waals surface area contributed by atoms with Crippen molar-refractivity contribution in [2.75, 3.05) is 0 Å². The summed E-state index contributed by atoms with van der Waals surface area (Å²) in [5, 5.41) is 10.7. The van der Waals surface area contributed by atoms with E-state index in [4.69, 9.17) is 11.6 Å². The lowest BCUT2D eigenvalue weighted by Crippen LogP contribution is -2.03. The highest BCUT2D eigenvalue weighted by Gasteiger charge is 2.20. The molecule has 114 valence electrons. The number of hydrogen-bond acceptors (Lipinski definition) is 3. The van der Waals surface area contributed by atoms with Gasteiger partial charge in [-0.05, 0) is 59.5 Å². The summed E-state index contributed by atoms with van der Waals surface area (Å²) in [4.78, 5) is 2.79. The van der Waals surface area contributed by atoms with Crippen molar-refractivity contribution in [2.24, 2.45) is 0 Å². The second kappa shape index (κ2) is 5.92. The first-order chi connectivity index (χ1) is 11.0. The number of fused-ring (bicyclic) bond motifs is 1. The fraction of sp³-hybridized carbons (Fsp3) is 0. The number of H-pyrrole nitrogens is 1. The highest BCUT2D eigenvalue weighted by atomic mass is 35.5. The highest BCUT2D eigenvalue weighted by Crippen LogP contribution is 2.24. The maximum Gasteiger partial charge on any atom is 0.216 e. The Morgan fingerprint density at radius 1 is 1.13 bits per heavy atom. The first-order valence-corrected chi connectivity index (χ1v) is 8.56. The number of aromatic amines is 1. The van der Waals surface area contributed by atoms with E-state index in [2.05, 4.69) is 4.98 Å². The molecule has 0 unspecified atom stereocenters. The standard InChI is InChI=1S/C17H11ClN2O2S/c18-14-2-4-15(5-3-14)23(21,22)16(11-19)10-12-1-6-17-13(9-12)7-8-20-17/h1-10,20H/b16-10-. The molecule has 0 amide bonds. The van der Waals surface area contributed by atoms with E-state index < -0.39 is 9.84 Å². The molecule has 0 radical (unpaired) electrons. The maximum absolute atomic E-state index is 12.6. The van der Waals surface area contributed by atoms with Gasteiger partial charge in [0.1, 0.15) is 11.0 Å². The normalized spacial score (nSPS) is 12.3. The van der Waals surface area contributed by atoms with E-state index in [0.717, 1.165) is 10.9 Å². The van der Waals surface area contributed by atoms with Crippen LogP contribution in [-0.4, -0.2) is 13.4 Å². The lowest BCUT2D eigenvalue weighted by molar-refractivity contribution is 0.603. The summed E-state index contributed by atoms with van der Waals surface area (Å²) in [7, 11) is -3.87. The van der Waals surface area contributed by atoms with Crippen molar-refractivity contribution >= 4 is 38.4 Å². The minimum absolute atomic E-state index is 0.0393. The molecular formula is C17H11ClN2O2S. The molecule has 1 heterocycles. The van der Waals surface area contributed by atoms with Crippen LogP contribution in [0.2, 0.25) is 5.02 Å². The van der Waals surface area contributed by atoms with Gasteiger partial charge in [-0.25, -0.2) is 8.42 Å². The number of nitriles is 1. The van der Waals surface area contributed by atoms with Crippen LogP contribution in [-0.2, 0) is 9.84 Å². The number of halogens is 1. The molecule has 0 saturated carbocycles. The third-order valence-electron chi connectivity index (χ3n) is 3.40. The summed E-state index contributed by atoms with van der Waals surface area (Å²) in [5.74, 6) is 0. The van der Waals surface area contributed by atoms with Gasteiger partial charge < -0.3 is 4.98 Å². The molecule has 0 atom stereocenters. The van der Waals surface area contributed by atoms with Gasteiger partial charge in [0.15, 0.2) is 0 Å². The molecule has 0 fully saturated rings. The number of nitrogens with zero attached hydrogens (tertiary/aromatic N) is 1. The van der Waals surface area contributed by atoms with E-state index in [-0.39, 0.29) is 9.80 Å². The minimum Gasteiger partial charge on any atom is -0.361 e. The second-order valence-corrected chi connectivity index (χ2v) is 7.26. The van der Waals surface area contributed by atoms with Crippen molar-refractivity contribution in [3.8, 4) is 6.07 Å². The molecule has 6 heteroatoms. The summed E-state index contributed by atoms with van der Waals surface area (Å²) < 4.78 is 25.1. The molecule has 4 nitrogen and oxygen atoms in total. The number of hydrogen-bond donors (Lipinski definition) is 1. The van der Waals surface area contributed by atoms with Gasteiger partial charge in [0.05, 0.1) is 4.90 Å². The zero-order valence-corrected chi connectivity index (χ0v) is 13.4. The molecule has 2 aromatic carbocycles. The molecule has 0 aliphatic carbocycles. The Hall–Kier alpha value is -2.55. The van der Waals surface area contributed by atoms with Gasteiger partial charge in [-0.1, -0.05) is 17.7 Å². The lowest BCUT2D eigenvalue weighted by Gasteiger charge is -2.03. The minimum atomic E-state index is -3.87. The molecular weight excluding hydrogens is 332 g/mol. The first kappa shape index (κ1) is 15.3. The van der Waals surface area contributed by atoms with Gasteiger partial charge in [0.2, 0.25) is 9.84 Å². The van der Waals surface area contributed by atoms with Gasteiger partial charge in [-0.2, -0.15) is 5.26 Å². The third-order valence-corrected chi connectivity index (χ3v) is 5.33. The van der Waals surface area contributed by atoms with Crippen LogP contribution in [0.15, 0.2) is 64.5 Å². The van der Waals surface area contributed by atoms with Gasteiger partial charge in [0, 0.05) is 16.7 Å². The molecule has 1 aromatic heterocycles. The van der Waals surface area contributed by atoms with Crippen LogP contribution in [0.3, 0.4) is 0 Å². The number of rotatable bonds is 3. The Labute approximate surface area is 138 Å². The van der Waals surface area contributed by atoms with Crippen molar-refractivity contribution in [3.05, 3.63) is 70.2 Å². The highest BCUT2D eigenvalue weighted by molar-refractivity contribution is 7.95. The zero-order chi connectivity index (χ0) is 16.4. The quantitative estimate of drug-likeness (QED) is 0.726. The van der Waals surface area contributed by atoms with Gasteiger partial charge in [-0.3, -0.25) is 0 Å². The topological polar surface area (TPSA) is 73.7 Å². The van der Waals surface area contributed by atoms with Crippen molar-refractivity contribution in [1.82, 2.24) is 4.98 Å². The maximum atomic E-state index is 12.6. The Bertz CT molecular complexity index is 1040. The van der Waals surface area contributed by atoms with Gasteiger partial charge in [0.25, 0.3) is 0 Å².